The Morgan fingerprint density at radius 1 is 0.774 bits per heavy atom. The lowest BCUT2D eigenvalue weighted by Gasteiger charge is -2.23. The van der Waals surface area contributed by atoms with Crippen molar-refractivity contribution < 1.29 is 4.79 Å². The van der Waals surface area contributed by atoms with Crippen molar-refractivity contribution in [1.82, 2.24) is 9.38 Å². The molecule has 31 heavy (non-hydrogen) atoms. The van der Waals surface area contributed by atoms with E-state index >= 15 is 0 Å². The summed E-state index contributed by atoms with van der Waals surface area (Å²) in [6, 6.07) is 33.7. The highest BCUT2D eigenvalue weighted by atomic mass is 16.2. The first kappa shape index (κ1) is 18.8. The third-order valence-electron chi connectivity index (χ3n) is 5.28. The van der Waals surface area contributed by atoms with Gasteiger partial charge in [0.2, 0.25) is 0 Å². The largest absolute Gasteiger partial charge is 0.319 e. The molecule has 0 aliphatic heterocycles. The highest BCUT2D eigenvalue weighted by Crippen LogP contribution is 2.25. The van der Waals surface area contributed by atoms with Crippen LogP contribution in [0.2, 0.25) is 0 Å². The first-order valence-electron chi connectivity index (χ1n) is 10.2. The van der Waals surface area contributed by atoms with E-state index in [0.717, 1.165) is 28.0 Å². The van der Waals surface area contributed by atoms with Gasteiger partial charge in [-0.2, -0.15) is 0 Å². The monoisotopic (exact) mass is 403 g/mol. The van der Waals surface area contributed by atoms with E-state index in [1.54, 1.807) is 4.90 Å². The van der Waals surface area contributed by atoms with Crippen molar-refractivity contribution in [2.24, 2.45) is 0 Å². The zero-order valence-electron chi connectivity index (χ0n) is 16.9. The third kappa shape index (κ3) is 3.83. The van der Waals surface area contributed by atoms with Gasteiger partial charge in [-0.05, 0) is 29.8 Å². The van der Waals surface area contributed by atoms with E-state index in [0.29, 0.717) is 12.2 Å². The number of carbonyl (C=O) groups excluding carboxylic acids is 1. The van der Waals surface area contributed by atoms with Crippen LogP contribution in [0.3, 0.4) is 0 Å². The summed E-state index contributed by atoms with van der Waals surface area (Å²) in [5, 5.41) is 0. The number of benzene rings is 3. The maximum absolute atomic E-state index is 13.7. The highest BCUT2D eigenvalue weighted by molar-refractivity contribution is 6.05. The van der Waals surface area contributed by atoms with Crippen LogP contribution in [0.5, 0.6) is 0 Å². The zero-order chi connectivity index (χ0) is 21.0. The van der Waals surface area contributed by atoms with Gasteiger partial charge >= 0.3 is 0 Å². The molecule has 0 bridgehead atoms. The summed E-state index contributed by atoms with van der Waals surface area (Å²) in [5.41, 5.74) is 5.05. The summed E-state index contributed by atoms with van der Waals surface area (Å²) < 4.78 is 1.97. The molecule has 4 nitrogen and oxygen atoms in total. The molecule has 0 saturated heterocycles. The van der Waals surface area contributed by atoms with Crippen LogP contribution in [-0.2, 0) is 6.54 Å². The second-order valence-corrected chi connectivity index (χ2v) is 7.35. The molecule has 0 spiro atoms. The van der Waals surface area contributed by atoms with E-state index in [1.165, 1.54) is 0 Å². The number of nitrogens with zero attached hydrogens (tertiary/aromatic N) is 3. The van der Waals surface area contributed by atoms with Gasteiger partial charge in [0.15, 0.2) is 0 Å². The molecule has 0 N–H and O–H groups in total. The van der Waals surface area contributed by atoms with Crippen molar-refractivity contribution in [3.05, 3.63) is 127 Å². The van der Waals surface area contributed by atoms with E-state index in [9.17, 15) is 4.79 Å². The average Bonchev–Trinajstić information content (AvgIpc) is 3.32. The van der Waals surface area contributed by atoms with Gasteiger partial charge in [-0.15, -0.1) is 0 Å². The minimum Gasteiger partial charge on any atom is -0.319 e. The number of amides is 1. The number of hydrogen-bond acceptors (Lipinski definition) is 2. The van der Waals surface area contributed by atoms with E-state index < -0.39 is 0 Å². The average molecular weight is 403 g/mol. The van der Waals surface area contributed by atoms with Gasteiger partial charge in [0.25, 0.3) is 5.91 Å². The molecule has 0 fully saturated rings. The Morgan fingerprint density at radius 3 is 2.13 bits per heavy atom. The Labute approximate surface area is 181 Å². The first-order chi connectivity index (χ1) is 15.3. The van der Waals surface area contributed by atoms with Crippen molar-refractivity contribution in [2.75, 3.05) is 4.90 Å². The van der Waals surface area contributed by atoms with Crippen molar-refractivity contribution in [3.8, 4) is 11.3 Å². The second-order valence-electron chi connectivity index (χ2n) is 7.35. The maximum atomic E-state index is 13.7. The van der Waals surface area contributed by atoms with Crippen molar-refractivity contribution in [2.45, 2.75) is 6.54 Å². The molecule has 2 heterocycles. The minimum atomic E-state index is -0.136. The molecule has 1 amide bonds. The summed E-state index contributed by atoms with van der Waals surface area (Å²) in [7, 11) is 0. The number of aromatic nitrogens is 2. The predicted octanol–water partition coefficient (Wildman–Crippen LogP) is 5.85. The Bertz CT molecular complexity index is 1310. The number of fused-ring (bicyclic) bond motifs is 1. The summed E-state index contributed by atoms with van der Waals surface area (Å²) in [6.07, 6.45) is 3.76. The zero-order valence-corrected chi connectivity index (χ0v) is 16.9. The molecule has 0 unspecified atom stereocenters. The molecule has 5 aromatic rings. The van der Waals surface area contributed by atoms with Gasteiger partial charge in [0.1, 0.15) is 5.69 Å². The van der Waals surface area contributed by atoms with Crippen LogP contribution in [0.1, 0.15) is 16.1 Å². The molecule has 0 aliphatic rings. The molecule has 0 aliphatic carbocycles. The van der Waals surface area contributed by atoms with Crippen LogP contribution in [0.25, 0.3) is 16.8 Å². The Morgan fingerprint density at radius 2 is 1.42 bits per heavy atom. The van der Waals surface area contributed by atoms with Gasteiger partial charge < -0.3 is 9.30 Å². The summed E-state index contributed by atoms with van der Waals surface area (Å²) in [5.74, 6) is -0.136. The number of para-hydroxylation sites is 1. The molecule has 150 valence electrons. The van der Waals surface area contributed by atoms with E-state index in [4.69, 9.17) is 4.98 Å². The van der Waals surface area contributed by atoms with Crippen LogP contribution in [0.4, 0.5) is 5.69 Å². The fraction of sp³-hybridized carbons (Fsp3) is 0.0370. The lowest BCUT2D eigenvalue weighted by molar-refractivity contribution is 0.0980. The smallest absolute Gasteiger partial charge is 0.278 e. The van der Waals surface area contributed by atoms with E-state index in [-0.39, 0.29) is 5.91 Å². The standard InChI is InChI=1S/C27H21N3O/c31-27(30(23-15-8-3-9-16-23)19-21-11-4-1-5-12-21)24-20-29-18-10-17-25(29)26(28-24)22-13-6-2-7-14-22/h1-18,20H,19H2. The van der Waals surface area contributed by atoms with Crippen LogP contribution < -0.4 is 4.90 Å². The molecular weight excluding hydrogens is 382 g/mol. The number of carbonyl (C=O) groups is 1. The van der Waals surface area contributed by atoms with E-state index in [1.807, 2.05) is 120 Å². The molecule has 3 aromatic carbocycles. The first-order valence-corrected chi connectivity index (χ1v) is 10.2. The molecular formula is C27H21N3O. The molecule has 4 heteroatoms. The number of anilines is 1. The lowest BCUT2D eigenvalue weighted by Crippen LogP contribution is -2.31. The minimum absolute atomic E-state index is 0.136. The summed E-state index contributed by atoms with van der Waals surface area (Å²) in [6.45, 7) is 0.468. The number of rotatable bonds is 5. The SMILES string of the molecule is O=C(c1cn2cccc2c(-c2ccccc2)n1)N(Cc1ccccc1)c1ccccc1. The third-order valence-corrected chi connectivity index (χ3v) is 5.28. The normalized spacial score (nSPS) is 10.8. The Kier molecular flexibility index (Phi) is 5.03. The van der Waals surface area contributed by atoms with Crippen LogP contribution in [0, 0.1) is 0 Å². The van der Waals surface area contributed by atoms with Crippen LogP contribution >= 0.6 is 0 Å². The number of hydrogen-bond donors (Lipinski definition) is 0. The molecule has 2 aromatic heterocycles. The van der Waals surface area contributed by atoms with Gasteiger partial charge in [0, 0.05) is 23.6 Å². The fourth-order valence-electron chi connectivity index (χ4n) is 3.75. The van der Waals surface area contributed by atoms with Gasteiger partial charge in [-0.1, -0.05) is 78.9 Å². The Hall–Kier alpha value is -4.18. The topological polar surface area (TPSA) is 37.6 Å². The fourth-order valence-corrected chi connectivity index (χ4v) is 3.75. The highest BCUT2D eigenvalue weighted by Gasteiger charge is 2.21. The van der Waals surface area contributed by atoms with Crippen molar-refractivity contribution in [1.29, 1.82) is 0 Å². The van der Waals surface area contributed by atoms with Crippen molar-refractivity contribution in [3.63, 3.8) is 0 Å². The Balaban J connectivity index is 1.61. The van der Waals surface area contributed by atoms with Gasteiger partial charge in [-0.25, -0.2) is 4.98 Å². The molecule has 0 atom stereocenters. The summed E-state index contributed by atoms with van der Waals surface area (Å²) in [4.78, 5) is 20.3. The van der Waals surface area contributed by atoms with E-state index in [2.05, 4.69) is 0 Å². The maximum Gasteiger partial charge on any atom is 0.278 e. The lowest BCUT2D eigenvalue weighted by atomic mass is 10.1. The van der Waals surface area contributed by atoms with Gasteiger partial charge in [0.05, 0.1) is 17.8 Å². The molecule has 0 saturated carbocycles. The predicted molar refractivity (Wildman–Crippen MR) is 124 cm³/mol. The summed E-state index contributed by atoms with van der Waals surface area (Å²) >= 11 is 0. The van der Waals surface area contributed by atoms with Crippen molar-refractivity contribution >= 4 is 17.1 Å². The quantitative estimate of drug-likeness (QED) is 0.369. The van der Waals surface area contributed by atoms with Gasteiger partial charge in [-0.3, -0.25) is 4.79 Å². The second kappa shape index (κ2) is 8.28. The van der Waals surface area contributed by atoms with Crippen LogP contribution in [-0.4, -0.2) is 15.3 Å². The molecule has 5 rings (SSSR count). The van der Waals surface area contributed by atoms with Crippen LogP contribution in [0.15, 0.2) is 116 Å². The molecule has 0 radical (unpaired) electrons.